The maximum atomic E-state index is 5.98. The molecule has 2 heteroatoms. The lowest BCUT2D eigenvalue weighted by molar-refractivity contribution is 0.153. The molecule has 12 heavy (non-hydrogen) atoms. The zero-order chi connectivity index (χ0) is 8.97. The molecule has 2 unspecified atom stereocenters. The van der Waals surface area contributed by atoms with Gasteiger partial charge in [0, 0.05) is 19.8 Å². The van der Waals surface area contributed by atoms with Crippen molar-refractivity contribution in [1.29, 1.82) is 0 Å². The van der Waals surface area contributed by atoms with Gasteiger partial charge in [-0.3, -0.25) is 0 Å². The molecule has 1 aliphatic carbocycles. The molecule has 0 aromatic carbocycles. The second-order valence-electron chi connectivity index (χ2n) is 4.14. The minimum absolute atomic E-state index is 0.462. The third-order valence-electron chi connectivity index (χ3n) is 2.67. The average Bonchev–Trinajstić information content (AvgIpc) is 2.83. The first kappa shape index (κ1) is 10.0. The molecular weight excluding hydrogens is 150 g/mol. The Labute approximate surface area is 75.5 Å². The summed E-state index contributed by atoms with van der Waals surface area (Å²) in [7, 11) is 1.76. The lowest BCUT2D eigenvalue weighted by Gasteiger charge is -2.13. The maximum Gasteiger partial charge on any atom is 0.0487 e. The summed E-state index contributed by atoms with van der Waals surface area (Å²) in [5.74, 6) is 1.51. The number of ether oxygens (including phenoxy) is 1. The highest BCUT2D eigenvalue weighted by molar-refractivity contribution is 4.83. The van der Waals surface area contributed by atoms with Crippen molar-refractivity contribution in [3.05, 3.63) is 0 Å². The molecule has 72 valence electrons. The molecule has 2 atom stereocenters. The fraction of sp³-hybridized carbons (Fsp3) is 1.00. The third kappa shape index (κ3) is 3.55. The van der Waals surface area contributed by atoms with Crippen LogP contribution in [0.4, 0.5) is 0 Å². The van der Waals surface area contributed by atoms with E-state index in [9.17, 15) is 0 Å². The van der Waals surface area contributed by atoms with E-state index in [1.54, 1.807) is 7.11 Å². The van der Waals surface area contributed by atoms with Gasteiger partial charge in [-0.2, -0.15) is 0 Å². The zero-order valence-electron chi connectivity index (χ0n) is 8.25. The predicted octanol–water partition coefficient (Wildman–Crippen LogP) is 1.79. The van der Waals surface area contributed by atoms with E-state index in [1.807, 2.05) is 0 Å². The van der Waals surface area contributed by atoms with Crippen LogP contribution >= 0.6 is 0 Å². The SMILES string of the molecule is COCC(C)CCC(N)C1CC1. The first-order valence-corrected chi connectivity index (χ1v) is 4.98. The number of nitrogens with two attached hydrogens (primary N) is 1. The van der Waals surface area contributed by atoms with Crippen LogP contribution in [0.1, 0.15) is 32.6 Å². The van der Waals surface area contributed by atoms with Crippen molar-refractivity contribution in [2.24, 2.45) is 17.6 Å². The maximum absolute atomic E-state index is 5.98. The summed E-state index contributed by atoms with van der Waals surface area (Å²) in [5.41, 5.74) is 5.98. The molecule has 1 saturated carbocycles. The van der Waals surface area contributed by atoms with Gasteiger partial charge < -0.3 is 10.5 Å². The van der Waals surface area contributed by atoms with Gasteiger partial charge in [-0.15, -0.1) is 0 Å². The lowest BCUT2D eigenvalue weighted by atomic mass is 10.0. The van der Waals surface area contributed by atoms with Crippen molar-refractivity contribution in [2.45, 2.75) is 38.6 Å². The van der Waals surface area contributed by atoms with Gasteiger partial charge in [0.1, 0.15) is 0 Å². The summed E-state index contributed by atoms with van der Waals surface area (Å²) in [6.07, 6.45) is 5.11. The lowest BCUT2D eigenvalue weighted by Crippen LogP contribution is -2.23. The first-order chi connectivity index (χ1) is 5.74. The van der Waals surface area contributed by atoms with Crippen LogP contribution in [-0.2, 0) is 4.74 Å². The monoisotopic (exact) mass is 171 g/mol. The fourth-order valence-electron chi connectivity index (χ4n) is 1.60. The molecule has 1 aliphatic rings. The Kier molecular flexibility index (Phi) is 4.02. The molecule has 2 nitrogen and oxygen atoms in total. The highest BCUT2D eigenvalue weighted by atomic mass is 16.5. The van der Waals surface area contributed by atoms with Crippen LogP contribution in [-0.4, -0.2) is 19.8 Å². The van der Waals surface area contributed by atoms with Gasteiger partial charge in [0.05, 0.1) is 0 Å². The second kappa shape index (κ2) is 4.83. The molecule has 2 N–H and O–H groups in total. The largest absolute Gasteiger partial charge is 0.384 e. The Hall–Kier alpha value is -0.0800. The van der Waals surface area contributed by atoms with E-state index in [0.29, 0.717) is 12.0 Å². The van der Waals surface area contributed by atoms with Crippen molar-refractivity contribution in [1.82, 2.24) is 0 Å². The van der Waals surface area contributed by atoms with Crippen LogP contribution in [0, 0.1) is 11.8 Å². The first-order valence-electron chi connectivity index (χ1n) is 4.98. The molecule has 0 heterocycles. The van der Waals surface area contributed by atoms with Gasteiger partial charge in [0.2, 0.25) is 0 Å². The Morgan fingerprint density at radius 1 is 1.42 bits per heavy atom. The van der Waals surface area contributed by atoms with Gasteiger partial charge in [-0.1, -0.05) is 6.92 Å². The summed E-state index contributed by atoms with van der Waals surface area (Å²) < 4.78 is 5.07. The van der Waals surface area contributed by atoms with E-state index >= 15 is 0 Å². The van der Waals surface area contributed by atoms with E-state index in [0.717, 1.165) is 12.5 Å². The van der Waals surface area contributed by atoms with Crippen molar-refractivity contribution < 1.29 is 4.74 Å². The summed E-state index contributed by atoms with van der Waals surface area (Å²) >= 11 is 0. The molecule has 0 saturated heterocycles. The molecule has 0 bridgehead atoms. The summed E-state index contributed by atoms with van der Waals surface area (Å²) in [4.78, 5) is 0. The van der Waals surface area contributed by atoms with Crippen LogP contribution < -0.4 is 5.73 Å². The molecule has 0 aromatic rings. The topological polar surface area (TPSA) is 35.2 Å². The molecule has 0 radical (unpaired) electrons. The van der Waals surface area contributed by atoms with Crippen LogP contribution in [0.25, 0.3) is 0 Å². The van der Waals surface area contributed by atoms with Crippen molar-refractivity contribution in [3.8, 4) is 0 Å². The summed E-state index contributed by atoms with van der Waals surface area (Å²) in [6, 6.07) is 0.462. The number of hydrogen-bond donors (Lipinski definition) is 1. The van der Waals surface area contributed by atoms with E-state index in [1.165, 1.54) is 25.7 Å². The molecule has 1 fully saturated rings. The number of rotatable bonds is 6. The highest BCUT2D eigenvalue weighted by Crippen LogP contribution is 2.33. The molecule has 0 amide bonds. The number of hydrogen-bond acceptors (Lipinski definition) is 2. The Bertz CT molecular complexity index is 123. The number of methoxy groups -OCH3 is 1. The van der Waals surface area contributed by atoms with Gasteiger partial charge in [0.15, 0.2) is 0 Å². The minimum Gasteiger partial charge on any atom is -0.384 e. The van der Waals surface area contributed by atoms with E-state index in [-0.39, 0.29) is 0 Å². The highest BCUT2D eigenvalue weighted by Gasteiger charge is 2.28. The molecule has 0 spiro atoms. The van der Waals surface area contributed by atoms with E-state index in [4.69, 9.17) is 10.5 Å². The average molecular weight is 171 g/mol. The third-order valence-corrected chi connectivity index (χ3v) is 2.67. The van der Waals surface area contributed by atoms with Crippen molar-refractivity contribution in [2.75, 3.05) is 13.7 Å². The van der Waals surface area contributed by atoms with Crippen molar-refractivity contribution in [3.63, 3.8) is 0 Å². The van der Waals surface area contributed by atoms with Gasteiger partial charge in [-0.05, 0) is 37.5 Å². The van der Waals surface area contributed by atoms with E-state index < -0.39 is 0 Å². The molecule has 1 rings (SSSR count). The van der Waals surface area contributed by atoms with Gasteiger partial charge in [0.25, 0.3) is 0 Å². The quantitative estimate of drug-likeness (QED) is 0.661. The van der Waals surface area contributed by atoms with Crippen LogP contribution in [0.15, 0.2) is 0 Å². The molecule has 0 aromatic heterocycles. The summed E-state index contributed by atoms with van der Waals surface area (Å²) in [5, 5.41) is 0. The van der Waals surface area contributed by atoms with Crippen LogP contribution in [0.2, 0.25) is 0 Å². The van der Waals surface area contributed by atoms with Gasteiger partial charge in [-0.25, -0.2) is 0 Å². The minimum atomic E-state index is 0.462. The fourth-order valence-corrected chi connectivity index (χ4v) is 1.60. The van der Waals surface area contributed by atoms with Crippen LogP contribution in [0.3, 0.4) is 0 Å². The summed E-state index contributed by atoms with van der Waals surface area (Å²) in [6.45, 7) is 3.10. The Morgan fingerprint density at radius 2 is 2.08 bits per heavy atom. The second-order valence-corrected chi connectivity index (χ2v) is 4.14. The van der Waals surface area contributed by atoms with Crippen LogP contribution in [0.5, 0.6) is 0 Å². The standard InChI is InChI=1S/C10H21NO/c1-8(7-12-2)3-6-10(11)9-4-5-9/h8-10H,3-7,11H2,1-2H3. The Morgan fingerprint density at radius 3 is 2.58 bits per heavy atom. The van der Waals surface area contributed by atoms with E-state index in [2.05, 4.69) is 6.92 Å². The van der Waals surface area contributed by atoms with Crippen molar-refractivity contribution >= 4 is 0 Å². The Balaban J connectivity index is 1.99. The predicted molar refractivity (Wildman–Crippen MR) is 51.0 cm³/mol. The van der Waals surface area contributed by atoms with Gasteiger partial charge >= 0.3 is 0 Å². The molecule has 0 aliphatic heterocycles. The zero-order valence-corrected chi connectivity index (χ0v) is 8.25. The normalized spacial score (nSPS) is 22.2. The smallest absolute Gasteiger partial charge is 0.0487 e. The molecular formula is C10H21NO.